The van der Waals surface area contributed by atoms with Crippen molar-refractivity contribution in [3.05, 3.63) is 48.7 Å². The second-order valence-electron chi connectivity index (χ2n) is 6.44. The molecule has 5 aromatic rings. The molecule has 0 saturated carbocycles. The van der Waals surface area contributed by atoms with Gasteiger partial charge in [0.05, 0.1) is 44.3 Å². The number of nitrogens with one attached hydrogen (secondary N) is 1. The predicted molar refractivity (Wildman–Crippen MR) is 107 cm³/mol. The Morgan fingerprint density at radius 2 is 1.64 bits per heavy atom. The normalized spacial score (nSPS) is 11.4. The second kappa shape index (κ2) is 6.16. The van der Waals surface area contributed by atoms with Gasteiger partial charge in [-0.1, -0.05) is 23.4 Å². The SMILES string of the molecule is COc1cc(-c2c3[nH]c4ccccc4c3cc3cnnn23)cc(OC)c1OC. The summed E-state index contributed by atoms with van der Waals surface area (Å²) in [5.74, 6) is 1.71. The fourth-order valence-corrected chi connectivity index (χ4v) is 3.75. The van der Waals surface area contributed by atoms with Crippen molar-refractivity contribution in [2.24, 2.45) is 0 Å². The van der Waals surface area contributed by atoms with E-state index >= 15 is 0 Å². The van der Waals surface area contributed by atoms with Gasteiger partial charge < -0.3 is 19.2 Å². The number of benzene rings is 2. The van der Waals surface area contributed by atoms with Crippen LogP contribution in [0.3, 0.4) is 0 Å². The molecule has 0 spiro atoms. The largest absolute Gasteiger partial charge is 0.493 e. The van der Waals surface area contributed by atoms with Gasteiger partial charge in [0.25, 0.3) is 0 Å². The molecule has 1 N–H and O–H groups in total. The number of nitrogens with zero attached hydrogens (tertiary/aromatic N) is 3. The lowest BCUT2D eigenvalue weighted by atomic mass is 10.1. The molecule has 5 rings (SSSR count). The molecular formula is C21H18N4O3. The van der Waals surface area contributed by atoms with Crippen LogP contribution in [0.5, 0.6) is 17.2 Å². The van der Waals surface area contributed by atoms with Gasteiger partial charge in [0.15, 0.2) is 11.5 Å². The van der Waals surface area contributed by atoms with Crippen LogP contribution < -0.4 is 14.2 Å². The number of rotatable bonds is 4. The summed E-state index contributed by atoms with van der Waals surface area (Å²) in [6, 6.07) is 14.2. The van der Waals surface area contributed by atoms with Crippen LogP contribution in [0, 0.1) is 0 Å². The van der Waals surface area contributed by atoms with Gasteiger partial charge in [-0.3, -0.25) is 0 Å². The van der Waals surface area contributed by atoms with Crippen molar-refractivity contribution in [1.82, 2.24) is 19.8 Å². The lowest BCUT2D eigenvalue weighted by Gasteiger charge is -2.15. The monoisotopic (exact) mass is 374 g/mol. The van der Waals surface area contributed by atoms with E-state index < -0.39 is 0 Å². The molecule has 0 amide bonds. The van der Waals surface area contributed by atoms with Crippen LogP contribution in [-0.4, -0.2) is 41.1 Å². The highest BCUT2D eigenvalue weighted by molar-refractivity contribution is 6.12. The van der Waals surface area contributed by atoms with Crippen molar-refractivity contribution in [3.8, 4) is 28.5 Å². The minimum atomic E-state index is 0.549. The average molecular weight is 374 g/mol. The number of H-pyrrole nitrogens is 1. The van der Waals surface area contributed by atoms with Crippen LogP contribution in [-0.2, 0) is 0 Å². The maximum atomic E-state index is 5.54. The van der Waals surface area contributed by atoms with E-state index in [1.807, 2.05) is 28.8 Å². The van der Waals surface area contributed by atoms with Crippen LogP contribution in [0.4, 0.5) is 0 Å². The maximum Gasteiger partial charge on any atom is 0.203 e. The van der Waals surface area contributed by atoms with Gasteiger partial charge in [0, 0.05) is 21.9 Å². The zero-order chi connectivity index (χ0) is 19.3. The van der Waals surface area contributed by atoms with E-state index in [0.717, 1.165) is 38.6 Å². The Balaban J connectivity index is 1.93. The van der Waals surface area contributed by atoms with E-state index in [1.165, 1.54) is 0 Å². The lowest BCUT2D eigenvalue weighted by molar-refractivity contribution is 0.324. The molecule has 28 heavy (non-hydrogen) atoms. The van der Waals surface area contributed by atoms with Gasteiger partial charge in [0.1, 0.15) is 0 Å². The molecule has 0 saturated heterocycles. The second-order valence-corrected chi connectivity index (χ2v) is 6.44. The topological polar surface area (TPSA) is 73.7 Å². The Bertz CT molecular complexity index is 1310. The Morgan fingerprint density at radius 1 is 0.893 bits per heavy atom. The zero-order valence-electron chi connectivity index (χ0n) is 15.7. The average Bonchev–Trinajstić information content (AvgIpc) is 3.35. The van der Waals surface area contributed by atoms with Crippen molar-refractivity contribution in [2.45, 2.75) is 0 Å². The number of hydrogen-bond acceptors (Lipinski definition) is 5. The highest BCUT2D eigenvalue weighted by Crippen LogP contribution is 2.43. The van der Waals surface area contributed by atoms with Crippen molar-refractivity contribution in [2.75, 3.05) is 21.3 Å². The van der Waals surface area contributed by atoms with Gasteiger partial charge in [-0.15, -0.1) is 5.10 Å². The molecule has 7 nitrogen and oxygen atoms in total. The summed E-state index contributed by atoms with van der Waals surface area (Å²) in [5, 5.41) is 10.7. The summed E-state index contributed by atoms with van der Waals surface area (Å²) in [5.41, 5.74) is 4.68. The molecule has 0 atom stereocenters. The predicted octanol–water partition coefficient (Wildman–Crippen LogP) is 4.06. The maximum absolute atomic E-state index is 5.54. The Morgan fingerprint density at radius 3 is 2.36 bits per heavy atom. The minimum Gasteiger partial charge on any atom is -0.493 e. The van der Waals surface area contributed by atoms with Gasteiger partial charge in [-0.25, -0.2) is 4.52 Å². The molecule has 7 heteroatoms. The number of para-hydroxylation sites is 1. The molecule has 0 aliphatic heterocycles. The summed E-state index contributed by atoms with van der Waals surface area (Å²) in [6.07, 6.45) is 1.75. The van der Waals surface area contributed by atoms with Gasteiger partial charge in [0.2, 0.25) is 5.75 Å². The third-order valence-electron chi connectivity index (χ3n) is 5.00. The number of aromatic amines is 1. The molecule has 0 fully saturated rings. The smallest absolute Gasteiger partial charge is 0.203 e. The first-order valence-electron chi connectivity index (χ1n) is 8.79. The van der Waals surface area contributed by atoms with Gasteiger partial charge in [-0.2, -0.15) is 0 Å². The standard InChI is InChI=1S/C21H18N4O3/c1-26-17-8-12(9-18(27-2)21(17)28-3)20-19-15(10-13-11-22-24-25(13)20)14-6-4-5-7-16(14)23-19/h4-11,23H,1-3H3. The lowest BCUT2D eigenvalue weighted by Crippen LogP contribution is -1.99. The summed E-state index contributed by atoms with van der Waals surface area (Å²) in [4.78, 5) is 3.53. The summed E-state index contributed by atoms with van der Waals surface area (Å²) in [7, 11) is 4.80. The highest BCUT2D eigenvalue weighted by atomic mass is 16.5. The number of ether oxygens (including phenoxy) is 3. The van der Waals surface area contributed by atoms with Gasteiger partial charge in [-0.05, 0) is 24.3 Å². The molecule has 0 radical (unpaired) electrons. The van der Waals surface area contributed by atoms with E-state index in [1.54, 1.807) is 27.5 Å². The van der Waals surface area contributed by atoms with Crippen LogP contribution in [0.15, 0.2) is 48.7 Å². The first-order valence-corrected chi connectivity index (χ1v) is 8.79. The Hall–Kier alpha value is -3.74. The third kappa shape index (κ3) is 2.22. The minimum absolute atomic E-state index is 0.549. The van der Waals surface area contributed by atoms with Crippen molar-refractivity contribution >= 4 is 27.3 Å². The molecule has 140 valence electrons. The first-order chi connectivity index (χ1) is 13.7. The quantitative estimate of drug-likeness (QED) is 0.514. The molecule has 0 aliphatic carbocycles. The Labute approximate surface area is 160 Å². The van der Waals surface area contributed by atoms with Crippen LogP contribution in [0.2, 0.25) is 0 Å². The molecule has 0 bridgehead atoms. The van der Waals surface area contributed by atoms with E-state index in [4.69, 9.17) is 14.2 Å². The van der Waals surface area contributed by atoms with E-state index in [0.29, 0.717) is 17.2 Å². The highest BCUT2D eigenvalue weighted by Gasteiger charge is 2.20. The molecule has 2 aromatic carbocycles. The van der Waals surface area contributed by atoms with E-state index in [9.17, 15) is 0 Å². The van der Waals surface area contributed by atoms with Crippen LogP contribution >= 0.6 is 0 Å². The van der Waals surface area contributed by atoms with E-state index in [2.05, 4.69) is 33.5 Å². The van der Waals surface area contributed by atoms with E-state index in [-0.39, 0.29) is 0 Å². The summed E-state index contributed by atoms with van der Waals surface area (Å²) < 4.78 is 18.4. The van der Waals surface area contributed by atoms with Crippen molar-refractivity contribution in [1.29, 1.82) is 0 Å². The molecule has 0 unspecified atom stereocenters. The third-order valence-corrected chi connectivity index (χ3v) is 5.00. The van der Waals surface area contributed by atoms with Crippen LogP contribution in [0.1, 0.15) is 0 Å². The molecular weight excluding hydrogens is 356 g/mol. The summed E-state index contributed by atoms with van der Waals surface area (Å²) >= 11 is 0. The zero-order valence-corrected chi connectivity index (χ0v) is 15.7. The fourth-order valence-electron chi connectivity index (χ4n) is 3.75. The van der Waals surface area contributed by atoms with Crippen molar-refractivity contribution in [3.63, 3.8) is 0 Å². The molecule has 0 aliphatic rings. The number of hydrogen-bond donors (Lipinski definition) is 1. The number of aromatic nitrogens is 4. The van der Waals surface area contributed by atoms with Crippen molar-refractivity contribution < 1.29 is 14.2 Å². The summed E-state index contributed by atoms with van der Waals surface area (Å²) in [6.45, 7) is 0. The molecule has 3 heterocycles. The fraction of sp³-hybridized carbons (Fsp3) is 0.143. The number of pyridine rings is 1. The van der Waals surface area contributed by atoms with Crippen LogP contribution in [0.25, 0.3) is 38.6 Å². The molecule has 3 aromatic heterocycles. The number of methoxy groups -OCH3 is 3. The number of fused-ring (bicyclic) bond motifs is 4. The Kier molecular flexibility index (Phi) is 3.61. The first kappa shape index (κ1) is 16.4. The van der Waals surface area contributed by atoms with Gasteiger partial charge >= 0.3 is 0 Å².